The van der Waals surface area contributed by atoms with Crippen LogP contribution in [0.5, 0.6) is 0 Å². The highest BCUT2D eigenvalue weighted by atomic mass is 35.5. The van der Waals surface area contributed by atoms with Gasteiger partial charge in [0.2, 0.25) is 0 Å². The Bertz CT molecular complexity index is 419. The Morgan fingerprint density at radius 1 is 1.26 bits per heavy atom. The highest BCUT2D eigenvalue weighted by molar-refractivity contribution is 6.30. The zero-order valence-electron chi connectivity index (χ0n) is 12.5. The third-order valence-electron chi connectivity index (χ3n) is 3.77. The molecule has 106 valence electrons. The Morgan fingerprint density at radius 2 is 1.79 bits per heavy atom. The average molecular weight is 282 g/mol. The largest absolute Gasteiger partial charge is 0.303 e. The van der Waals surface area contributed by atoms with Crippen molar-refractivity contribution >= 4 is 17.4 Å². The second-order valence-electron chi connectivity index (χ2n) is 6.20. The summed E-state index contributed by atoms with van der Waals surface area (Å²) in [7, 11) is 2.07. The first kappa shape index (κ1) is 16.2. The van der Waals surface area contributed by atoms with Gasteiger partial charge in [-0.1, -0.05) is 32.4 Å². The number of ketones is 1. The number of carbonyl (C=O) groups is 1. The van der Waals surface area contributed by atoms with Crippen LogP contribution in [0.1, 0.15) is 44.5 Å². The van der Waals surface area contributed by atoms with Gasteiger partial charge in [-0.2, -0.15) is 0 Å². The van der Waals surface area contributed by atoms with Crippen molar-refractivity contribution in [3.63, 3.8) is 0 Å². The molecule has 1 rings (SSSR count). The van der Waals surface area contributed by atoms with Gasteiger partial charge < -0.3 is 4.90 Å². The lowest BCUT2D eigenvalue weighted by Gasteiger charge is -2.35. The lowest BCUT2D eigenvalue weighted by atomic mass is 9.87. The van der Waals surface area contributed by atoms with E-state index in [0.717, 1.165) is 12.1 Å². The first-order chi connectivity index (χ1) is 8.71. The van der Waals surface area contributed by atoms with E-state index in [0.29, 0.717) is 17.5 Å². The minimum Gasteiger partial charge on any atom is -0.303 e. The first-order valence-electron chi connectivity index (χ1n) is 6.71. The average Bonchev–Trinajstić information content (AvgIpc) is 2.34. The summed E-state index contributed by atoms with van der Waals surface area (Å²) in [5.41, 5.74) is 0.958. The van der Waals surface area contributed by atoms with Crippen molar-refractivity contribution in [2.24, 2.45) is 5.41 Å². The number of halogens is 1. The zero-order valence-corrected chi connectivity index (χ0v) is 13.3. The Balaban J connectivity index is 2.53. The molecule has 0 aliphatic carbocycles. The van der Waals surface area contributed by atoms with E-state index in [9.17, 15) is 4.79 Å². The molecule has 0 N–H and O–H groups in total. The molecule has 0 bridgehead atoms. The number of Topliss-reactive ketones (excluding diaryl/α,β-unsaturated/α-hetero) is 1. The van der Waals surface area contributed by atoms with Crippen molar-refractivity contribution in [1.29, 1.82) is 0 Å². The molecule has 0 fully saturated rings. The van der Waals surface area contributed by atoms with Crippen molar-refractivity contribution in [2.75, 3.05) is 13.6 Å². The first-order valence-corrected chi connectivity index (χ1v) is 7.08. The van der Waals surface area contributed by atoms with Crippen LogP contribution in [0, 0.1) is 5.41 Å². The number of hydrogen-bond acceptors (Lipinski definition) is 2. The normalized spacial score (nSPS) is 13.6. The molecule has 1 aromatic rings. The molecule has 0 radical (unpaired) electrons. The van der Waals surface area contributed by atoms with E-state index in [1.54, 1.807) is 24.3 Å². The maximum atomic E-state index is 12.1. The molecule has 0 spiro atoms. The van der Waals surface area contributed by atoms with E-state index in [1.165, 1.54) is 0 Å². The zero-order chi connectivity index (χ0) is 14.6. The summed E-state index contributed by atoms with van der Waals surface area (Å²) in [6, 6.07) is 7.54. The number of rotatable bonds is 5. The van der Waals surface area contributed by atoms with E-state index in [1.807, 2.05) is 0 Å². The number of nitrogens with zero attached hydrogens (tertiary/aromatic N) is 1. The van der Waals surface area contributed by atoms with Crippen LogP contribution in [0.15, 0.2) is 24.3 Å². The van der Waals surface area contributed by atoms with Crippen LogP contribution in [-0.2, 0) is 0 Å². The summed E-state index contributed by atoms with van der Waals surface area (Å²) in [6.45, 7) is 9.63. The topological polar surface area (TPSA) is 20.3 Å². The van der Waals surface area contributed by atoms with Crippen molar-refractivity contribution in [3.8, 4) is 0 Å². The quantitative estimate of drug-likeness (QED) is 0.751. The summed E-state index contributed by atoms with van der Waals surface area (Å²) in [6.07, 6.45) is 0.540. The molecule has 0 saturated heterocycles. The summed E-state index contributed by atoms with van der Waals surface area (Å²) >= 11 is 5.82. The fourth-order valence-corrected chi connectivity index (χ4v) is 2.04. The lowest BCUT2D eigenvalue weighted by molar-refractivity contribution is 0.0928. The predicted octanol–water partition coefficient (Wildman–Crippen LogP) is 4.28. The van der Waals surface area contributed by atoms with Crippen molar-refractivity contribution in [1.82, 2.24) is 4.90 Å². The van der Waals surface area contributed by atoms with Crippen LogP contribution in [0.2, 0.25) is 5.02 Å². The van der Waals surface area contributed by atoms with Gasteiger partial charge in [-0.15, -0.1) is 0 Å². The SMILES string of the molecule is CC(N(C)CCC(=O)c1ccc(Cl)cc1)C(C)(C)C. The lowest BCUT2D eigenvalue weighted by Crippen LogP contribution is -2.40. The second kappa shape index (κ2) is 6.53. The molecule has 0 saturated carbocycles. The van der Waals surface area contributed by atoms with E-state index < -0.39 is 0 Å². The minimum atomic E-state index is 0.171. The Hall–Kier alpha value is -0.860. The van der Waals surface area contributed by atoms with E-state index in [4.69, 9.17) is 11.6 Å². The smallest absolute Gasteiger partial charge is 0.164 e. The van der Waals surface area contributed by atoms with Crippen LogP contribution in [0.3, 0.4) is 0 Å². The van der Waals surface area contributed by atoms with E-state index >= 15 is 0 Å². The Kier molecular flexibility index (Phi) is 5.57. The van der Waals surface area contributed by atoms with Gasteiger partial charge in [0.25, 0.3) is 0 Å². The van der Waals surface area contributed by atoms with E-state index in [2.05, 4.69) is 39.6 Å². The van der Waals surface area contributed by atoms with Crippen molar-refractivity contribution in [2.45, 2.75) is 40.2 Å². The summed E-state index contributed by atoms with van der Waals surface area (Å²) in [4.78, 5) is 14.3. The predicted molar refractivity (Wildman–Crippen MR) is 81.9 cm³/mol. The van der Waals surface area contributed by atoms with Crippen molar-refractivity contribution in [3.05, 3.63) is 34.9 Å². The van der Waals surface area contributed by atoms with Crippen LogP contribution >= 0.6 is 11.6 Å². The maximum absolute atomic E-state index is 12.1. The molecule has 0 aliphatic rings. The molecule has 19 heavy (non-hydrogen) atoms. The van der Waals surface area contributed by atoms with Gasteiger partial charge in [-0.3, -0.25) is 4.79 Å². The highest BCUT2D eigenvalue weighted by Crippen LogP contribution is 2.23. The van der Waals surface area contributed by atoms with Gasteiger partial charge in [0.05, 0.1) is 0 Å². The maximum Gasteiger partial charge on any atom is 0.164 e. The summed E-state index contributed by atoms with van der Waals surface area (Å²) < 4.78 is 0. The van der Waals surface area contributed by atoms with Crippen LogP contribution in [-0.4, -0.2) is 30.3 Å². The van der Waals surface area contributed by atoms with Gasteiger partial charge in [0, 0.05) is 29.6 Å². The monoisotopic (exact) mass is 281 g/mol. The van der Waals surface area contributed by atoms with Gasteiger partial charge in [0.1, 0.15) is 0 Å². The summed E-state index contributed by atoms with van der Waals surface area (Å²) in [5.74, 6) is 0.171. The molecule has 1 unspecified atom stereocenters. The molecule has 1 aromatic carbocycles. The van der Waals surface area contributed by atoms with Gasteiger partial charge in [0.15, 0.2) is 5.78 Å². The molecule has 0 heterocycles. The van der Waals surface area contributed by atoms with Gasteiger partial charge in [-0.25, -0.2) is 0 Å². The molecular formula is C16H24ClNO. The number of benzene rings is 1. The second-order valence-corrected chi connectivity index (χ2v) is 6.64. The molecule has 2 nitrogen and oxygen atoms in total. The fraction of sp³-hybridized carbons (Fsp3) is 0.562. The van der Waals surface area contributed by atoms with Gasteiger partial charge >= 0.3 is 0 Å². The minimum absolute atomic E-state index is 0.171. The number of carbonyl (C=O) groups excluding carboxylic acids is 1. The van der Waals surface area contributed by atoms with E-state index in [-0.39, 0.29) is 11.2 Å². The molecule has 1 atom stereocenters. The molecule has 0 amide bonds. The molecular weight excluding hydrogens is 258 g/mol. The fourth-order valence-electron chi connectivity index (χ4n) is 1.91. The summed E-state index contributed by atoms with van der Waals surface area (Å²) in [5, 5.41) is 0.662. The molecule has 0 aliphatic heterocycles. The highest BCUT2D eigenvalue weighted by Gasteiger charge is 2.23. The third-order valence-corrected chi connectivity index (χ3v) is 4.02. The molecule has 3 heteroatoms. The van der Waals surface area contributed by atoms with Crippen molar-refractivity contribution < 1.29 is 4.79 Å². The Morgan fingerprint density at radius 3 is 2.26 bits per heavy atom. The number of hydrogen-bond donors (Lipinski definition) is 0. The molecule has 0 aromatic heterocycles. The van der Waals surface area contributed by atoms with Crippen LogP contribution in [0.4, 0.5) is 0 Å². The standard InChI is InChI=1S/C16H24ClNO/c1-12(16(2,3)4)18(5)11-10-15(19)13-6-8-14(17)9-7-13/h6-9,12H,10-11H2,1-5H3. The van der Waals surface area contributed by atoms with Gasteiger partial charge in [-0.05, 0) is 43.7 Å². The Labute approximate surface area is 121 Å². The van der Waals surface area contributed by atoms with Crippen LogP contribution < -0.4 is 0 Å². The third kappa shape index (κ3) is 4.96. The van der Waals surface area contributed by atoms with Crippen LogP contribution in [0.25, 0.3) is 0 Å².